The van der Waals surface area contributed by atoms with E-state index in [9.17, 15) is 4.79 Å². The van der Waals surface area contributed by atoms with Gasteiger partial charge in [0.15, 0.2) is 0 Å². The highest BCUT2D eigenvalue weighted by atomic mass is 16.5. The van der Waals surface area contributed by atoms with E-state index in [2.05, 4.69) is 10.1 Å². The lowest BCUT2D eigenvalue weighted by Crippen LogP contribution is -2.45. The maximum atomic E-state index is 11.3. The SMILES string of the molecule is COC(=O)c1occc1CNC1COC1. The molecular formula is C10H13NO4. The monoisotopic (exact) mass is 211 g/mol. The largest absolute Gasteiger partial charge is 0.463 e. The van der Waals surface area contributed by atoms with Gasteiger partial charge >= 0.3 is 5.97 Å². The molecule has 1 aromatic rings. The van der Waals surface area contributed by atoms with Crippen LogP contribution in [0.2, 0.25) is 0 Å². The third-order valence-corrected chi connectivity index (χ3v) is 2.34. The lowest BCUT2D eigenvalue weighted by molar-refractivity contribution is -0.00585. The fraction of sp³-hybridized carbons (Fsp3) is 0.500. The third kappa shape index (κ3) is 2.19. The summed E-state index contributed by atoms with van der Waals surface area (Å²) in [6, 6.07) is 2.14. The highest BCUT2D eigenvalue weighted by molar-refractivity contribution is 5.87. The van der Waals surface area contributed by atoms with Crippen LogP contribution in [0.4, 0.5) is 0 Å². The Morgan fingerprint density at radius 1 is 1.67 bits per heavy atom. The second kappa shape index (κ2) is 4.46. The van der Waals surface area contributed by atoms with Crippen molar-refractivity contribution < 1.29 is 18.7 Å². The normalized spacial score (nSPS) is 16.1. The van der Waals surface area contributed by atoms with Crippen molar-refractivity contribution in [2.24, 2.45) is 0 Å². The Bertz CT molecular complexity index is 343. The number of carbonyl (C=O) groups excluding carboxylic acids is 1. The van der Waals surface area contributed by atoms with Gasteiger partial charge in [0.2, 0.25) is 5.76 Å². The zero-order chi connectivity index (χ0) is 10.7. The number of ether oxygens (including phenoxy) is 2. The first-order chi connectivity index (χ1) is 7.31. The Hall–Kier alpha value is -1.33. The summed E-state index contributed by atoms with van der Waals surface area (Å²) < 4.78 is 14.7. The van der Waals surface area contributed by atoms with Crippen LogP contribution in [0.3, 0.4) is 0 Å². The van der Waals surface area contributed by atoms with Gasteiger partial charge in [0.1, 0.15) is 0 Å². The van der Waals surface area contributed by atoms with Crippen LogP contribution in [0.15, 0.2) is 16.7 Å². The summed E-state index contributed by atoms with van der Waals surface area (Å²) in [6.07, 6.45) is 1.49. The molecule has 2 heterocycles. The molecule has 0 aromatic carbocycles. The number of esters is 1. The molecule has 0 amide bonds. The molecule has 1 N–H and O–H groups in total. The van der Waals surface area contributed by atoms with Crippen LogP contribution >= 0.6 is 0 Å². The Morgan fingerprint density at radius 2 is 2.47 bits per heavy atom. The molecule has 0 spiro atoms. The van der Waals surface area contributed by atoms with E-state index < -0.39 is 5.97 Å². The number of hydrogen-bond donors (Lipinski definition) is 1. The fourth-order valence-electron chi connectivity index (χ4n) is 1.35. The number of furan rings is 1. The maximum Gasteiger partial charge on any atom is 0.374 e. The molecule has 2 rings (SSSR count). The maximum absolute atomic E-state index is 11.3. The molecule has 0 unspecified atom stereocenters. The molecule has 1 aliphatic rings. The van der Waals surface area contributed by atoms with Crippen molar-refractivity contribution in [1.82, 2.24) is 5.32 Å². The number of methoxy groups -OCH3 is 1. The topological polar surface area (TPSA) is 60.7 Å². The standard InChI is InChI=1S/C10H13NO4/c1-13-10(12)9-7(2-3-15-9)4-11-8-5-14-6-8/h2-3,8,11H,4-6H2,1H3. The molecule has 0 atom stereocenters. The van der Waals surface area contributed by atoms with E-state index in [1.54, 1.807) is 6.07 Å². The summed E-state index contributed by atoms with van der Waals surface area (Å²) in [5.41, 5.74) is 0.814. The van der Waals surface area contributed by atoms with Gasteiger partial charge in [-0.05, 0) is 6.07 Å². The highest BCUT2D eigenvalue weighted by Crippen LogP contribution is 2.12. The molecule has 0 aliphatic carbocycles. The number of carbonyl (C=O) groups is 1. The molecule has 0 bridgehead atoms. The average molecular weight is 211 g/mol. The molecule has 5 nitrogen and oxygen atoms in total. The van der Waals surface area contributed by atoms with E-state index in [0.717, 1.165) is 18.8 Å². The molecule has 5 heteroatoms. The van der Waals surface area contributed by atoms with E-state index in [-0.39, 0.29) is 5.76 Å². The van der Waals surface area contributed by atoms with E-state index >= 15 is 0 Å². The van der Waals surface area contributed by atoms with Crippen LogP contribution in [0.5, 0.6) is 0 Å². The molecule has 0 radical (unpaired) electrons. The van der Waals surface area contributed by atoms with Crippen LogP contribution in [-0.4, -0.2) is 32.3 Å². The smallest absolute Gasteiger partial charge is 0.374 e. The van der Waals surface area contributed by atoms with Gasteiger partial charge in [-0.3, -0.25) is 0 Å². The van der Waals surface area contributed by atoms with Gasteiger partial charge in [-0.15, -0.1) is 0 Å². The highest BCUT2D eigenvalue weighted by Gasteiger charge is 2.20. The Balaban J connectivity index is 1.94. The minimum atomic E-state index is -0.443. The predicted octanol–water partition coefficient (Wildman–Crippen LogP) is 0.555. The van der Waals surface area contributed by atoms with Gasteiger partial charge < -0.3 is 19.2 Å². The van der Waals surface area contributed by atoms with E-state index in [0.29, 0.717) is 12.6 Å². The first kappa shape index (κ1) is 10.2. The van der Waals surface area contributed by atoms with Crippen LogP contribution in [-0.2, 0) is 16.0 Å². The van der Waals surface area contributed by atoms with E-state index in [1.165, 1.54) is 13.4 Å². The zero-order valence-corrected chi connectivity index (χ0v) is 8.49. The van der Waals surface area contributed by atoms with Gasteiger partial charge in [0.05, 0.1) is 32.6 Å². The van der Waals surface area contributed by atoms with Crippen molar-refractivity contribution >= 4 is 5.97 Å². The first-order valence-electron chi connectivity index (χ1n) is 4.77. The molecule has 0 saturated carbocycles. The summed E-state index contributed by atoms with van der Waals surface area (Å²) in [5.74, 6) is -0.174. The average Bonchev–Trinajstić information content (AvgIpc) is 2.62. The molecule has 1 aromatic heterocycles. The lowest BCUT2D eigenvalue weighted by Gasteiger charge is -2.26. The number of nitrogens with one attached hydrogen (secondary N) is 1. The number of rotatable bonds is 4. The van der Waals surface area contributed by atoms with Gasteiger partial charge in [-0.2, -0.15) is 0 Å². The molecule has 1 saturated heterocycles. The lowest BCUT2D eigenvalue weighted by atomic mass is 10.2. The molecule has 1 aliphatic heterocycles. The minimum absolute atomic E-state index is 0.269. The van der Waals surface area contributed by atoms with Crippen molar-refractivity contribution in [1.29, 1.82) is 0 Å². The van der Waals surface area contributed by atoms with Crippen molar-refractivity contribution in [3.8, 4) is 0 Å². The summed E-state index contributed by atoms with van der Waals surface area (Å²) in [7, 11) is 1.34. The van der Waals surface area contributed by atoms with Crippen LogP contribution < -0.4 is 5.32 Å². The molecule has 82 valence electrons. The molecular weight excluding hydrogens is 198 g/mol. The summed E-state index contributed by atoms with van der Waals surface area (Å²) in [5, 5.41) is 3.25. The van der Waals surface area contributed by atoms with E-state index in [1.807, 2.05) is 0 Å². The fourth-order valence-corrected chi connectivity index (χ4v) is 1.35. The van der Waals surface area contributed by atoms with E-state index in [4.69, 9.17) is 9.15 Å². The van der Waals surface area contributed by atoms with Crippen LogP contribution in [0.25, 0.3) is 0 Å². The second-order valence-corrected chi connectivity index (χ2v) is 3.38. The molecule has 1 fully saturated rings. The predicted molar refractivity (Wildman–Crippen MR) is 51.5 cm³/mol. The van der Waals surface area contributed by atoms with Gasteiger partial charge in [-0.25, -0.2) is 4.79 Å². The second-order valence-electron chi connectivity index (χ2n) is 3.38. The minimum Gasteiger partial charge on any atom is -0.463 e. The first-order valence-corrected chi connectivity index (χ1v) is 4.77. The van der Waals surface area contributed by atoms with Crippen LogP contribution in [0, 0.1) is 0 Å². The summed E-state index contributed by atoms with van der Waals surface area (Å²) in [6.45, 7) is 2.05. The van der Waals surface area contributed by atoms with Crippen molar-refractivity contribution in [3.63, 3.8) is 0 Å². The van der Waals surface area contributed by atoms with Crippen molar-refractivity contribution in [2.45, 2.75) is 12.6 Å². The quantitative estimate of drug-likeness (QED) is 0.737. The van der Waals surface area contributed by atoms with Gasteiger partial charge in [0, 0.05) is 12.1 Å². The van der Waals surface area contributed by atoms with Crippen LogP contribution in [0.1, 0.15) is 16.1 Å². The Kier molecular flexibility index (Phi) is 3.03. The number of hydrogen-bond acceptors (Lipinski definition) is 5. The summed E-state index contributed by atoms with van der Waals surface area (Å²) in [4.78, 5) is 11.3. The van der Waals surface area contributed by atoms with Gasteiger partial charge in [-0.1, -0.05) is 0 Å². The Labute approximate surface area is 87.3 Å². The third-order valence-electron chi connectivity index (χ3n) is 2.34. The molecule has 15 heavy (non-hydrogen) atoms. The Morgan fingerprint density at radius 3 is 3.07 bits per heavy atom. The van der Waals surface area contributed by atoms with Gasteiger partial charge in [0.25, 0.3) is 0 Å². The summed E-state index contributed by atoms with van der Waals surface area (Å²) >= 11 is 0. The van der Waals surface area contributed by atoms with Crippen molar-refractivity contribution in [2.75, 3.05) is 20.3 Å². The zero-order valence-electron chi connectivity index (χ0n) is 8.49. The van der Waals surface area contributed by atoms with Crippen molar-refractivity contribution in [3.05, 3.63) is 23.7 Å².